The number of nitriles is 1. The summed E-state index contributed by atoms with van der Waals surface area (Å²) in [7, 11) is 2.01. The van der Waals surface area contributed by atoms with Crippen molar-refractivity contribution in [3.8, 4) is 6.07 Å². The maximum atomic E-state index is 9.29. The zero-order valence-corrected chi connectivity index (χ0v) is 11.2. The molecule has 0 radical (unpaired) electrons. The molecule has 1 unspecified atom stereocenters. The zero-order valence-electron chi connectivity index (χ0n) is 11.2. The Morgan fingerprint density at radius 3 is 3.00 bits per heavy atom. The Kier molecular flexibility index (Phi) is 4.15. The predicted octanol–water partition coefficient (Wildman–Crippen LogP) is 1.41. The number of pyridine rings is 1. The van der Waals surface area contributed by atoms with Crippen molar-refractivity contribution in [3.63, 3.8) is 0 Å². The largest absolute Gasteiger partial charge is 0.393 e. The number of aliphatic hydroxyl groups excluding tert-OH is 1. The van der Waals surface area contributed by atoms with Crippen LogP contribution in [0.1, 0.15) is 24.6 Å². The first-order valence-corrected chi connectivity index (χ1v) is 6.33. The van der Waals surface area contributed by atoms with Gasteiger partial charge in [-0.3, -0.25) is 0 Å². The molecule has 2 heterocycles. The second-order valence-corrected chi connectivity index (χ2v) is 4.88. The standard InChI is InChI=1S/C14H18N4O/c1-11(19)5-6-17(2)10-13-8-16-14-4-3-12(7-15)9-18(13)14/h3-4,8-9,11,19H,5-6,10H2,1-2H3. The molecule has 1 atom stereocenters. The number of nitrogens with zero attached hydrogens (tertiary/aromatic N) is 4. The Labute approximate surface area is 112 Å². The van der Waals surface area contributed by atoms with Gasteiger partial charge in [-0.15, -0.1) is 0 Å². The van der Waals surface area contributed by atoms with E-state index in [2.05, 4.69) is 16.0 Å². The minimum Gasteiger partial charge on any atom is -0.393 e. The molecule has 0 aliphatic carbocycles. The van der Waals surface area contributed by atoms with E-state index in [-0.39, 0.29) is 6.10 Å². The molecule has 2 aromatic rings. The number of rotatable bonds is 5. The molecule has 2 aromatic heterocycles. The second-order valence-electron chi connectivity index (χ2n) is 4.88. The van der Waals surface area contributed by atoms with Crippen LogP contribution in [0.3, 0.4) is 0 Å². The van der Waals surface area contributed by atoms with E-state index in [9.17, 15) is 5.11 Å². The van der Waals surface area contributed by atoms with Gasteiger partial charge in [0.15, 0.2) is 0 Å². The highest BCUT2D eigenvalue weighted by Crippen LogP contribution is 2.11. The molecule has 1 N–H and O–H groups in total. The highest BCUT2D eigenvalue weighted by atomic mass is 16.3. The summed E-state index contributed by atoms with van der Waals surface area (Å²) in [4.78, 5) is 6.45. The van der Waals surface area contributed by atoms with Crippen molar-refractivity contribution in [2.75, 3.05) is 13.6 Å². The Bertz CT molecular complexity index is 597. The van der Waals surface area contributed by atoms with Crippen LogP contribution in [-0.2, 0) is 6.54 Å². The molecule has 0 aliphatic rings. The molecule has 100 valence electrons. The van der Waals surface area contributed by atoms with Gasteiger partial charge in [-0.05, 0) is 32.5 Å². The highest BCUT2D eigenvalue weighted by molar-refractivity contribution is 5.44. The molecule has 5 nitrogen and oxygen atoms in total. The van der Waals surface area contributed by atoms with Crippen molar-refractivity contribution in [3.05, 3.63) is 35.8 Å². The minimum absolute atomic E-state index is 0.283. The van der Waals surface area contributed by atoms with Gasteiger partial charge in [0.2, 0.25) is 0 Å². The van der Waals surface area contributed by atoms with Gasteiger partial charge in [-0.25, -0.2) is 4.98 Å². The Balaban J connectivity index is 2.14. The fourth-order valence-electron chi connectivity index (χ4n) is 1.98. The van der Waals surface area contributed by atoms with Gasteiger partial charge in [-0.1, -0.05) is 0 Å². The average Bonchev–Trinajstić information content (AvgIpc) is 2.79. The monoisotopic (exact) mass is 258 g/mol. The van der Waals surface area contributed by atoms with Crippen LogP contribution in [-0.4, -0.2) is 39.1 Å². The summed E-state index contributed by atoms with van der Waals surface area (Å²) in [5, 5.41) is 18.2. The van der Waals surface area contributed by atoms with E-state index in [1.54, 1.807) is 19.2 Å². The Morgan fingerprint density at radius 2 is 2.32 bits per heavy atom. The summed E-state index contributed by atoms with van der Waals surface area (Å²) in [5.74, 6) is 0. The lowest BCUT2D eigenvalue weighted by Crippen LogP contribution is -2.22. The number of hydrogen-bond donors (Lipinski definition) is 1. The summed E-state index contributed by atoms with van der Waals surface area (Å²) in [5.41, 5.74) is 2.51. The number of aromatic nitrogens is 2. The van der Waals surface area contributed by atoms with E-state index >= 15 is 0 Å². The van der Waals surface area contributed by atoms with Crippen LogP contribution >= 0.6 is 0 Å². The lowest BCUT2D eigenvalue weighted by atomic mass is 10.2. The first kappa shape index (κ1) is 13.5. The molecule has 0 bridgehead atoms. The van der Waals surface area contributed by atoms with Crippen molar-refractivity contribution in [2.45, 2.75) is 26.0 Å². The maximum absolute atomic E-state index is 9.29. The first-order valence-electron chi connectivity index (χ1n) is 6.33. The number of fused-ring (bicyclic) bond motifs is 1. The average molecular weight is 258 g/mol. The Hall–Kier alpha value is -1.90. The third-order valence-corrected chi connectivity index (χ3v) is 3.07. The van der Waals surface area contributed by atoms with Crippen molar-refractivity contribution < 1.29 is 5.11 Å². The van der Waals surface area contributed by atoms with E-state index in [4.69, 9.17) is 5.26 Å². The van der Waals surface area contributed by atoms with E-state index in [0.29, 0.717) is 5.56 Å². The number of aliphatic hydroxyl groups is 1. The van der Waals surface area contributed by atoms with Gasteiger partial charge in [0.25, 0.3) is 0 Å². The van der Waals surface area contributed by atoms with Crippen molar-refractivity contribution in [2.24, 2.45) is 0 Å². The minimum atomic E-state index is -0.283. The van der Waals surface area contributed by atoms with Gasteiger partial charge in [0.05, 0.1) is 23.6 Å². The van der Waals surface area contributed by atoms with Crippen LogP contribution in [0, 0.1) is 11.3 Å². The maximum Gasteiger partial charge on any atom is 0.137 e. The van der Waals surface area contributed by atoms with Gasteiger partial charge in [0.1, 0.15) is 11.7 Å². The zero-order chi connectivity index (χ0) is 13.8. The van der Waals surface area contributed by atoms with E-state index in [1.165, 1.54) is 0 Å². The van der Waals surface area contributed by atoms with Gasteiger partial charge < -0.3 is 14.4 Å². The lowest BCUT2D eigenvalue weighted by molar-refractivity contribution is 0.162. The number of hydrogen-bond acceptors (Lipinski definition) is 4. The molecule has 5 heteroatoms. The van der Waals surface area contributed by atoms with Gasteiger partial charge in [0, 0.05) is 19.3 Å². The fourth-order valence-corrected chi connectivity index (χ4v) is 1.98. The van der Waals surface area contributed by atoms with Crippen LogP contribution in [0.2, 0.25) is 0 Å². The second kappa shape index (κ2) is 5.83. The van der Waals surface area contributed by atoms with E-state index in [1.807, 2.05) is 23.7 Å². The molecule has 0 aliphatic heterocycles. The van der Waals surface area contributed by atoms with Crippen molar-refractivity contribution in [1.82, 2.24) is 14.3 Å². The molecular weight excluding hydrogens is 240 g/mol. The third-order valence-electron chi connectivity index (χ3n) is 3.07. The molecular formula is C14H18N4O. The molecule has 0 amide bonds. The van der Waals surface area contributed by atoms with Crippen LogP contribution in [0.5, 0.6) is 0 Å². The van der Waals surface area contributed by atoms with Gasteiger partial charge in [-0.2, -0.15) is 5.26 Å². The predicted molar refractivity (Wildman–Crippen MR) is 72.5 cm³/mol. The first-order chi connectivity index (χ1) is 9.10. The lowest BCUT2D eigenvalue weighted by Gasteiger charge is -2.17. The molecule has 0 fully saturated rings. The third kappa shape index (κ3) is 3.31. The van der Waals surface area contributed by atoms with Crippen molar-refractivity contribution >= 4 is 5.65 Å². The van der Waals surface area contributed by atoms with E-state index in [0.717, 1.165) is 30.9 Å². The molecule has 0 aromatic carbocycles. The van der Waals surface area contributed by atoms with E-state index < -0.39 is 0 Å². The van der Waals surface area contributed by atoms with Crippen LogP contribution in [0.15, 0.2) is 24.5 Å². The normalized spacial score (nSPS) is 12.8. The molecule has 2 rings (SSSR count). The molecule has 0 saturated heterocycles. The number of imidazole rings is 1. The Morgan fingerprint density at radius 1 is 1.53 bits per heavy atom. The summed E-state index contributed by atoms with van der Waals surface area (Å²) in [6, 6.07) is 5.75. The molecule has 0 saturated carbocycles. The molecule has 19 heavy (non-hydrogen) atoms. The topological polar surface area (TPSA) is 64.6 Å². The quantitative estimate of drug-likeness (QED) is 0.880. The van der Waals surface area contributed by atoms with Crippen LogP contribution in [0.4, 0.5) is 0 Å². The van der Waals surface area contributed by atoms with Crippen molar-refractivity contribution in [1.29, 1.82) is 5.26 Å². The summed E-state index contributed by atoms with van der Waals surface area (Å²) < 4.78 is 1.94. The fraction of sp³-hybridized carbons (Fsp3) is 0.429. The van der Waals surface area contributed by atoms with Crippen LogP contribution in [0.25, 0.3) is 5.65 Å². The highest BCUT2D eigenvalue weighted by Gasteiger charge is 2.08. The SMILES string of the molecule is CC(O)CCN(C)Cc1cnc2ccc(C#N)cn12. The van der Waals surface area contributed by atoms with Crippen LogP contribution < -0.4 is 0 Å². The smallest absolute Gasteiger partial charge is 0.137 e. The molecule has 0 spiro atoms. The summed E-state index contributed by atoms with van der Waals surface area (Å²) in [6.07, 6.45) is 4.10. The summed E-state index contributed by atoms with van der Waals surface area (Å²) in [6.45, 7) is 3.35. The summed E-state index contributed by atoms with van der Waals surface area (Å²) >= 11 is 0. The van der Waals surface area contributed by atoms with Gasteiger partial charge >= 0.3 is 0 Å².